The summed E-state index contributed by atoms with van der Waals surface area (Å²) in [7, 11) is 3.68. The van der Waals surface area contributed by atoms with Crippen molar-refractivity contribution in [2.24, 2.45) is 10.4 Å². The van der Waals surface area contributed by atoms with Crippen LogP contribution in [0.4, 0.5) is 0 Å². The molecule has 0 aliphatic heterocycles. The van der Waals surface area contributed by atoms with Gasteiger partial charge in [-0.3, -0.25) is 4.79 Å². The van der Waals surface area contributed by atoms with Crippen LogP contribution in [0.15, 0.2) is 33.7 Å². The molecular weight excluding hydrogens is 507 g/mol. The van der Waals surface area contributed by atoms with E-state index >= 15 is 0 Å². The molecule has 0 bridgehead atoms. The molecule has 1 aliphatic carbocycles. The topological polar surface area (TPSA) is 56.7 Å². The Morgan fingerprint density at radius 1 is 1.19 bits per heavy atom. The summed E-state index contributed by atoms with van der Waals surface area (Å²) in [6, 6.07) is 8.17. The molecule has 0 spiro atoms. The van der Waals surface area contributed by atoms with Gasteiger partial charge in [-0.15, -0.1) is 24.0 Å². The molecule has 1 amide bonds. The number of amides is 1. The van der Waals surface area contributed by atoms with Crippen LogP contribution in [0.25, 0.3) is 0 Å². The summed E-state index contributed by atoms with van der Waals surface area (Å²) in [4.78, 5) is 19.1. The van der Waals surface area contributed by atoms with Gasteiger partial charge in [0.25, 0.3) is 0 Å². The van der Waals surface area contributed by atoms with Crippen molar-refractivity contribution in [3.63, 3.8) is 0 Å². The average molecular weight is 537 g/mol. The molecule has 0 unspecified atom stereocenters. The number of halogens is 2. The Labute approximate surface area is 182 Å². The molecule has 0 radical (unpaired) electrons. The number of hydrogen-bond donors (Lipinski definition) is 2. The fraction of sp³-hybridized carbons (Fsp3) is 0.579. The number of carbonyl (C=O) groups is 1. The van der Waals surface area contributed by atoms with Gasteiger partial charge >= 0.3 is 0 Å². The second kappa shape index (κ2) is 11.1. The molecule has 1 aliphatic rings. The second-order valence-corrected chi connectivity index (χ2v) is 7.78. The van der Waals surface area contributed by atoms with E-state index in [2.05, 4.69) is 43.7 Å². The highest BCUT2D eigenvalue weighted by atomic mass is 127. The van der Waals surface area contributed by atoms with Crippen molar-refractivity contribution < 1.29 is 4.79 Å². The van der Waals surface area contributed by atoms with E-state index < -0.39 is 0 Å². The summed E-state index contributed by atoms with van der Waals surface area (Å²) in [6.45, 7) is 4.08. The van der Waals surface area contributed by atoms with Crippen LogP contribution in [0.2, 0.25) is 0 Å². The Bertz CT molecular complexity index is 598. The number of nitrogens with zero attached hydrogens (tertiary/aromatic N) is 2. The van der Waals surface area contributed by atoms with Crippen molar-refractivity contribution in [2.75, 3.05) is 27.2 Å². The summed E-state index contributed by atoms with van der Waals surface area (Å²) < 4.78 is 1.07. The van der Waals surface area contributed by atoms with Crippen LogP contribution >= 0.6 is 39.9 Å². The van der Waals surface area contributed by atoms with Crippen LogP contribution in [0.3, 0.4) is 0 Å². The highest BCUT2D eigenvalue weighted by molar-refractivity contribution is 14.0. The van der Waals surface area contributed by atoms with Crippen LogP contribution in [0.1, 0.15) is 38.2 Å². The third-order valence-corrected chi connectivity index (χ3v) is 5.22. The Hall–Kier alpha value is -0.830. The van der Waals surface area contributed by atoms with Gasteiger partial charge in [0.2, 0.25) is 5.91 Å². The quantitative estimate of drug-likeness (QED) is 0.330. The zero-order chi connectivity index (χ0) is 18.3. The van der Waals surface area contributed by atoms with Crippen molar-refractivity contribution in [1.29, 1.82) is 0 Å². The molecule has 1 saturated carbocycles. The van der Waals surface area contributed by atoms with Crippen molar-refractivity contribution >= 4 is 51.8 Å². The SMILES string of the molecule is CCNC(=NCc1ccc(Br)cc1)NCC1(C(=O)N(C)C)CCCC1.I. The average Bonchev–Trinajstić information content (AvgIpc) is 3.08. The first-order valence-electron chi connectivity index (χ1n) is 8.95. The van der Waals surface area contributed by atoms with Gasteiger partial charge in [-0.1, -0.05) is 40.9 Å². The van der Waals surface area contributed by atoms with Gasteiger partial charge in [0, 0.05) is 31.7 Å². The maximum atomic E-state index is 12.7. The summed E-state index contributed by atoms with van der Waals surface area (Å²) >= 11 is 3.45. The third-order valence-electron chi connectivity index (χ3n) is 4.69. The molecule has 0 saturated heterocycles. The van der Waals surface area contributed by atoms with E-state index in [1.807, 2.05) is 33.2 Å². The van der Waals surface area contributed by atoms with E-state index in [9.17, 15) is 4.79 Å². The molecular formula is C19H30BrIN4O. The number of benzene rings is 1. The molecule has 0 heterocycles. The molecule has 2 rings (SSSR count). The zero-order valence-corrected chi connectivity index (χ0v) is 19.8. The molecule has 0 atom stereocenters. The lowest BCUT2D eigenvalue weighted by atomic mass is 9.84. The van der Waals surface area contributed by atoms with Crippen molar-refractivity contribution in [2.45, 2.75) is 39.2 Å². The minimum Gasteiger partial charge on any atom is -0.357 e. The summed E-state index contributed by atoms with van der Waals surface area (Å²) in [6.07, 6.45) is 4.13. The fourth-order valence-corrected chi connectivity index (χ4v) is 3.61. The third kappa shape index (κ3) is 6.40. The molecule has 0 aromatic heterocycles. The number of aliphatic imine (C=N–C) groups is 1. The normalized spacial score (nSPS) is 15.9. The van der Waals surface area contributed by atoms with E-state index in [0.717, 1.165) is 48.2 Å². The van der Waals surface area contributed by atoms with E-state index in [4.69, 9.17) is 0 Å². The van der Waals surface area contributed by atoms with E-state index in [1.54, 1.807) is 4.90 Å². The lowest BCUT2D eigenvalue weighted by Crippen LogP contribution is -2.49. The summed E-state index contributed by atoms with van der Waals surface area (Å²) in [5.41, 5.74) is 0.859. The zero-order valence-electron chi connectivity index (χ0n) is 15.8. The molecule has 1 aromatic rings. The molecule has 7 heteroatoms. The van der Waals surface area contributed by atoms with Crippen molar-refractivity contribution in [3.05, 3.63) is 34.3 Å². The van der Waals surface area contributed by atoms with Gasteiger partial charge in [-0.05, 0) is 37.5 Å². The maximum absolute atomic E-state index is 12.7. The Kier molecular flexibility index (Phi) is 9.92. The van der Waals surface area contributed by atoms with Gasteiger partial charge in [0.05, 0.1) is 12.0 Å². The lowest BCUT2D eigenvalue weighted by molar-refractivity contribution is -0.138. The van der Waals surface area contributed by atoms with Crippen LogP contribution in [0, 0.1) is 5.41 Å². The van der Waals surface area contributed by atoms with Crippen LogP contribution in [-0.2, 0) is 11.3 Å². The monoisotopic (exact) mass is 536 g/mol. The molecule has 5 nitrogen and oxygen atoms in total. The lowest BCUT2D eigenvalue weighted by Gasteiger charge is -2.31. The van der Waals surface area contributed by atoms with Crippen LogP contribution in [0.5, 0.6) is 0 Å². The minimum atomic E-state index is -0.294. The first-order chi connectivity index (χ1) is 12.0. The molecule has 1 aromatic carbocycles. The highest BCUT2D eigenvalue weighted by Crippen LogP contribution is 2.38. The molecule has 2 N–H and O–H groups in total. The van der Waals surface area contributed by atoms with Crippen LogP contribution < -0.4 is 10.6 Å². The highest BCUT2D eigenvalue weighted by Gasteiger charge is 2.42. The summed E-state index contributed by atoms with van der Waals surface area (Å²) in [5, 5.41) is 6.68. The Balaban J connectivity index is 0.00000338. The largest absolute Gasteiger partial charge is 0.357 e. The number of guanidine groups is 1. The van der Waals surface area contributed by atoms with Gasteiger partial charge in [-0.25, -0.2) is 4.99 Å². The molecule has 1 fully saturated rings. The van der Waals surface area contributed by atoms with Gasteiger partial charge < -0.3 is 15.5 Å². The number of hydrogen-bond acceptors (Lipinski definition) is 2. The second-order valence-electron chi connectivity index (χ2n) is 6.86. The number of carbonyl (C=O) groups excluding carboxylic acids is 1. The predicted octanol–water partition coefficient (Wildman–Crippen LogP) is 3.77. The Morgan fingerprint density at radius 3 is 2.35 bits per heavy atom. The number of nitrogens with one attached hydrogen (secondary N) is 2. The number of rotatable bonds is 6. The minimum absolute atomic E-state index is 0. The molecule has 26 heavy (non-hydrogen) atoms. The predicted molar refractivity (Wildman–Crippen MR) is 122 cm³/mol. The Morgan fingerprint density at radius 2 is 1.81 bits per heavy atom. The standard InChI is InChI=1S/C19H29BrN4O.HI/c1-4-21-18(22-13-15-7-9-16(20)10-8-15)23-14-19(11-5-6-12-19)17(25)24(2)3;/h7-10H,4-6,11-14H2,1-3H3,(H2,21,22,23);1H. The van der Waals surface area contributed by atoms with Crippen LogP contribution in [-0.4, -0.2) is 44.0 Å². The van der Waals surface area contributed by atoms with E-state index in [1.165, 1.54) is 0 Å². The van der Waals surface area contributed by atoms with Gasteiger partial charge in [0.15, 0.2) is 5.96 Å². The molecule has 146 valence electrons. The van der Waals surface area contributed by atoms with E-state index in [-0.39, 0.29) is 35.3 Å². The van der Waals surface area contributed by atoms with Gasteiger partial charge in [-0.2, -0.15) is 0 Å². The fourth-order valence-electron chi connectivity index (χ4n) is 3.35. The van der Waals surface area contributed by atoms with Gasteiger partial charge in [0.1, 0.15) is 0 Å². The first-order valence-corrected chi connectivity index (χ1v) is 9.74. The van der Waals surface area contributed by atoms with E-state index in [0.29, 0.717) is 13.1 Å². The first kappa shape index (κ1) is 23.2. The summed E-state index contributed by atoms with van der Waals surface area (Å²) in [5.74, 6) is 0.990. The smallest absolute Gasteiger partial charge is 0.230 e. The maximum Gasteiger partial charge on any atom is 0.230 e. The van der Waals surface area contributed by atoms with Crippen molar-refractivity contribution in [1.82, 2.24) is 15.5 Å². The van der Waals surface area contributed by atoms with Crippen molar-refractivity contribution in [3.8, 4) is 0 Å².